The lowest BCUT2D eigenvalue weighted by molar-refractivity contribution is 0.0980. The van der Waals surface area contributed by atoms with Gasteiger partial charge < -0.3 is 10.5 Å². The molecule has 0 saturated carbocycles. The minimum Gasteiger partial charge on any atom is -0.380 e. The van der Waals surface area contributed by atoms with Crippen molar-refractivity contribution in [2.45, 2.75) is 19.9 Å². The van der Waals surface area contributed by atoms with Crippen LogP contribution in [-0.4, -0.2) is 37.7 Å². The zero-order valence-corrected chi connectivity index (χ0v) is 13.9. The molecule has 19 heavy (non-hydrogen) atoms. The fraction of sp³-hybridized carbons (Fsp3) is 0.571. The molecule has 0 saturated heterocycles. The molecule has 5 heteroatoms. The molecule has 108 valence electrons. The Bertz CT molecular complexity index is 390. The highest BCUT2D eigenvalue weighted by molar-refractivity contribution is 9.10. The molecular formula is C14H22BrClN2O. The minimum atomic E-state index is 0.194. The molecule has 1 aromatic rings. The number of likely N-dealkylation sites (N-methyl/N-ethyl adjacent to an activating group) is 1. The normalized spacial score (nSPS) is 12.9. The number of benzene rings is 1. The van der Waals surface area contributed by atoms with Gasteiger partial charge >= 0.3 is 0 Å². The van der Waals surface area contributed by atoms with Crippen LogP contribution in [0.3, 0.4) is 0 Å². The van der Waals surface area contributed by atoms with Crippen molar-refractivity contribution in [3.05, 3.63) is 33.3 Å². The van der Waals surface area contributed by atoms with E-state index in [-0.39, 0.29) is 6.04 Å². The molecule has 1 aromatic carbocycles. The van der Waals surface area contributed by atoms with E-state index in [0.29, 0.717) is 6.54 Å². The third kappa shape index (κ3) is 5.04. The molecule has 2 N–H and O–H groups in total. The van der Waals surface area contributed by atoms with Crippen LogP contribution in [0.15, 0.2) is 22.7 Å². The van der Waals surface area contributed by atoms with Gasteiger partial charge in [-0.1, -0.05) is 24.6 Å². The summed E-state index contributed by atoms with van der Waals surface area (Å²) < 4.78 is 6.33. The van der Waals surface area contributed by atoms with Crippen molar-refractivity contribution in [2.75, 3.05) is 32.8 Å². The number of nitrogens with zero attached hydrogens (tertiary/aromatic N) is 1. The lowest BCUT2D eigenvalue weighted by atomic mass is 10.1. The molecule has 0 aromatic heterocycles. The molecule has 0 amide bonds. The van der Waals surface area contributed by atoms with E-state index in [4.69, 9.17) is 22.1 Å². The van der Waals surface area contributed by atoms with Gasteiger partial charge in [-0.05, 0) is 47.1 Å². The Labute approximate surface area is 129 Å². The highest BCUT2D eigenvalue weighted by Crippen LogP contribution is 2.28. The second-order valence-corrected chi connectivity index (χ2v) is 5.51. The quantitative estimate of drug-likeness (QED) is 0.730. The van der Waals surface area contributed by atoms with Crippen molar-refractivity contribution in [3.8, 4) is 0 Å². The standard InChI is InChI=1S/C14H22BrClN2O/c1-3-18(7-8-19-4-2)14(10-17)11-5-6-13(16)12(15)9-11/h5-6,9,14H,3-4,7-8,10,17H2,1-2H3. The summed E-state index contributed by atoms with van der Waals surface area (Å²) in [5.74, 6) is 0. The monoisotopic (exact) mass is 348 g/mol. The highest BCUT2D eigenvalue weighted by atomic mass is 79.9. The molecule has 1 atom stereocenters. The van der Waals surface area contributed by atoms with E-state index >= 15 is 0 Å². The van der Waals surface area contributed by atoms with Crippen LogP contribution in [0.5, 0.6) is 0 Å². The first-order valence-electron chi connectivity index (χ1n) is 6.60. The van der Waals surface area contributed by atoms with Crippen LogP contribution >= 0.6 is 27.5 Å². The van der Waals surface area contributed by atoms with E-state index in [9.17, 15) is 0 Å². The Hall–Kier alpha value is -0.130. The van der Waals surface area contributed by atoms with E-state index in [2.05, 4.69) is 27.8 Å². The lowest BCUT2D eigenvalue weighted by Gasteiger charge is -2.30. The van der Waals surface area contributed by atoms with Crippen molar-refractivity contribution >= 4 is 27.5 Å². The van der Waals surface area contributed by atoms with Crippen LogP contribution in [0.2, 0.25) is 5.02 Å². The minimum absolute atomic E-state index is 0.194. The predicted octanol–water partition coefficient (Wildman–Crippen LogP) is 3.46. The summed E-state index contributed by atoms with van der Waals surface area (Å²) in [6.45, 7) is 8.02. The number of ether oxygens (including phenoxy) is 1. The Morgan fingerprint density at radius 1 is 1.42 bits per heavy atom. The second kappa shape index (κ2) is 8.93. The van der Waals surface area contributed by atoms with Crippen molar-refractivity contribution < 1.29 is 4.74 Å². The molecule has 0 aliphatic carbocycles. The van der Waals surface area contributed by atoms with E-state index in [0.717, 1.165) is 35.8 Å². The summed E-state index contributed by atoms with van der Waals surface area (Å²) in [6.07, 6.45) is 0. The van der Waals surface area contributed by atoms with Gasteiger partial charge in [-0.3, -0.25) is 4.90 Å². The first kappa shape index (κ1) is 16.9. The molecule has 0 aliphatic heterocycles. The van der Waals surface area contributed by atoms with Gasteiger partial charge in [-0.15, -0.1) is 0 Å². The number of hydrogen-bond donors (Lipinski definition) is 1. The summed E-state index contributed by atoms with van der Waals surface area (Å²) in [5.41, 5.74) is 7.12. The Balaban J connectivity index is 2.80. The van der Waals surface area contributed by atoms with Crippen LogP contribution < -0.4 is 5.73 Å². The molecule has 1 rings (SSSR count). The van der Waals surface area contributed by atoms with E-state index in [1.54, 1.807) is 0 Å². The van der Waals surface area contributed by atoms with Crippen LogP contribution in [0.4, 0.5) is 0 Å². The highest BCUT2D eigenvalue weighted by Gasteiger charge is 2.18. The molecule has 1 unspecified atom stereocenters. The van der Waals surface area contributed by atoms with Crippen molar-refractivity contribution in [3.63, 3.8) is 0 Å². The van der Waals surface area contributed by atoms with Gasteiger partial charge in [-0.25, -0.2) is 0 Å². The molecule has 0 bridgehead atoms. The number of rotatable bonds is 8. The number of nitrogens with two attached hydrogens (primary N) is 1. The molecular weight excluding hydrogens is 328 g/mol. The maximum absolute atomic E-state index is 6.03. The molecule has 3 nitrogen and oxygen atoms in total. The Morgan fingerprint density at radius 2 is 2.16 bits per heavy atom. The third-order valence-corrected chi connectivity index (χ3v) is 4.34. The summed E-state index contributed by atoms with van der Waals surface area (Å²) in [5, 5.41) is 0.719. The van der Waals surface area contributed by atoms with Crippen LogP contribution in [-0.2, 0) is 4.74 Å². The fourth-order valence-electron chi connectivity index (χ4n) is 2.08. The molecule has 0 radical (unpaired) electrons. The number of halogens is 2. The smallest absolute Gasteiger partial charge is 0.0593 e. The van der Waals surface area contributed by atoms with Crippen LogP contribution in [0, 0.1) is 0 Å². The zero-order valence-electron chi connectivity index (χ0n) is 11.5. The maximum atomic E-state index is 6.03. The van der Waals surface area contributed by atoms with Gasteiger partial charge in [0, 0.05) is 30.2 Å². The first-order chi connectivity index (χ1) is 9.13. The molecule has 0 heterocycles. The predicted molar refractivity (Wildman–Crippen MR) is 84.7 cm³/mol. The fourth-order valence-corrected chi connectivity index (χ4v) is 2.59. The molecule has 0 spiro atoms. The average molecular weight is 350 g/mol. The van der Waals surface area contributed by atoms with Crippen LogP contribution in [0.25, 0.3) is 0 Å². The zero-order chi connectivity index (χ0) is 14.3. The van der Waals surface area contributed by atoms with Gasteiger partial charge in [0.25, 0.3) is 0 Å². The second-order valence-electron chi connectivity index (χ2n) is 4.25. The maximum Gasteiger partial charge on any atom is 0.0593 e. The molecule has 0 aliphatic rings. The van der Waals surface area contributed by atoms with E-state index in [1.165, 1.54) is 5.56 Å². The van der Waals surface area contributed by atoms with Gasteiger partial charge in [0.15, 0.2) is 0 Å². The first-order valence-corrected chi connectivity index (χ1v) is 7.77. The molecule has 0 fully saturated rings. The van der Waals surface area contributed by atoms with Crippen molar-refractivity contribution in [1.29, 1.82) is 0 Å². The lowest BCUT2D eigenvalue weighted by Crippen LogP contribution is -2.36. The van der Waals surface area contributed by atoms with Crippen LogP contribution in [0.1, 0.15) is 25.5 Å². The van der Waals surface area contributed by atoms with Gasteiger partial charge in [0.2, 0.25) is 0 Å². The summed E-state index contributed by atoms with van der Waals surface area (Å²) in [6, 6.07) is 6.18. The average Bonchev–Trinajstić information content (AvgIpc) is 2.41. The third-order valence-electron chi connectivity index (χ3n) is 3.13. The topological polar surface area (TPSA) is 38.5 Å². The van der Waals surface area contributed by atoms with Crippen molar-refractivity contribution in [2.24, 2.45) is 5.73 Å². The Morgan fingerprint density at radius 3 is 2.68 bits per heavy atom. The SMILES string of the molecule is CCOCCN(CC)C(CN)c1ccc(Cl)c(Br)c1. The van der Waals surface area contributed by atoms with Crippen molar-refractivity contribution in [1.82, 2.24) is 4.90 Å². The summed E-state index contributed by atoms with van der Waals surface area (Å²) in [7, 11) is 0. The number of hydrogen-bond acceptors (Lipinski definition) is 3. The summed E-state index contributed by atoms with van der Waals surface area (Å²) in [4.78, 5) is 2.32. The van der Waals surface area contributed by atoms with Gasteiger partial charge in [0.1, 0.15) is 0 Å². The van der Waals surface area contributed by atoms with Gasteiger partial charge in [0.05, 0.1) is 11.6 Å². The Kier molecular flexibility index (Phi) is 7.95. The largest absolute Gasteiger partial charge is 0.380 e. The van der Waals surface area contributed by atoms with Gasteiger partial charge in [-0.2, -0.15) is 0 Å². The van der Waals surface area contributed by atoms with E-state index in [1.807, 2.05) is 25.1 Å². The summed E-state index contributed by atoms with van der Waals surface area (Å²) >= 11 is 9.50. The van der Waals surface area contributed by atoms with E-state index < -0.39 is 0 Å².